The second kappa shape index (κ2) is 5.66. The van der Waals surface area contributed by atoms with Crippen LogP contribution in [0.2, 0.25) is 0 Å². The van der Waals surface area contributed by atoms with Gasteiger partial charge < -0.3 is 5.11 Å². The highest BCUT2D eigenvalue weighted by Gasteiger charge is 2.12. The van der Waals surface area contributed by atoms with Crippen molar-refractivity contribution in [3.05, 3.63) is 28.2 Å². The lowest BCUT2D eigenvalue weighted by molar-refractivity contribution is -0.136. The number of hydrogen-bond donors (Lipinski definition) is 1. The summed E-state index contributed by atoms with van der Waals surface area (Å²) < 4.78 is 0.798. The zero-order valence-electron chi connectivity index (χ0n) is 10.8. The first-order valence-electron chi connectivity index (χ1n) is 5.62. The number of hydrogen-bond acceptors (Lipinski definition) is 6. The third-order valence-corrected chi connectivity index (χ3v) is 4.67. The lowest BCUT2D eigenvalue weighted by atomic mass is 10.3. The molecule has 0 unspecified atom stereocenters. The standard InChI is InChI=1S/C12H13N3O2S2/c1-6-7(2)14-10(5-13-6)19-12-15-8(3)9(18-12)4-11(16)17/h5H,4H2,1-3H3,(H,16,17). The van der Waals surface area contributed by atoms with Gasteiger partial charge in [-0.15, -0.1) is 11.3 Å². The molecule has 19 heavy (non-hydrogen) atoms. The van der Waals surface area contributed by atoms with Crippen LogP contribution in [0.25, 0.3) is 0 Å². The molecule has 2 rings (SSSR count). The van der Waals surface area contributed by atoms with Crippen LogP contribution in [0.5, 0.6) is 0 Å². The van der Waals surface area contributed by atoms with Gasteiger partial charge in [-0.1, -0.05) is 0 Å². The molecule has 0 atom stereocenters. The van der Waals surface area contributed by atoms with E-state index in [4.69, 9.17) is 5.11 Å². The van der Waals surface area contributed by atoms with Crippen LogP contribution in [0.3, 0.4) is 0 Å². The minimum atomic E-state index is -0.839. The molecule has 1 N–H and O–H groups in total. The van der Waals surface area contributed by atoms with Gasteiger partial charge in [0.05, 0.1) is 29.7 Å². The van der Waals surface area contributed by atoms with E-state index in [1.165, 1.54) is 23.1 Å². The van der Waals surface area contributed by atoms with Gasteiger partial charge in [0.15, 0.2) is 4.34 Å². The summed E-state index contributed by atoms with van der Waals surface area (Å²) in [5, 5.41) is 9.58. The zero-order valence-corrected chi connectivity index (χ0v) is 12.4. The van der Waals surface area contributed by atoms with Gasteiger partial charge in [0, 0.05) is 4.88 Å². The predicted molar refractivity (Wildman–Crippen MR) is 73.8 cm³/mol. The maximum Gasteiger partial charge on any atom is 0.308 e. The molecular weight excluding hydrogens is 282 g/mol. The van der Waals surface area contributed by atoms with Crippen molar-refractivity contribution in [2.24, 2.45) is 0 Å². The largest absolute Gasteiger partial charge is 0.481 e. The Balaban J connectivity index is 2.19. The van der Waals surface area contributed by atoms with Crippen molar-refractivity contribution in [3.8, 4) is 0 Å². The number of aryl methyl sites for hydroxylation is 3. The molecule has 2 aromatic heterocycles. The first-order valence-corrected chi connectivity index (χ1v) is 7.25. The van der Waals surface area contributed by atoms with E-state index in [1.54, 1.807) is 6.20 Å². The summed E-state index contributed by atoms with van der Waals surface area (Å²) in [5.74, 6) is -0.839. The van der Waals surface area contributed by atoms with Crippen LogP contribution in [0, 0.1) is 20.8 Å². The lowest BCUT2D eigenvalue weighted by Gasteiger charge is -2.00. The molecule has 0 fully saturated rings. The average molecular weight is 295 g/mol. The molecule has 0 aliphatic carbocycles. The molecule has 100 valence electrons. The third kappa shape index (κ3) is 3.51. The van der Waals surface area contributed by atoms with Crippen molar-refractivity contribution in [3.63, 3.8) is 0 Å². The summed E-state index contributed by atoms with van der Waals surface area (Å²) >= 11 is 2.81. The molecule has 2 heterocycles. The molecule has 0 amide bonds. The normalized spacial score (nSPS) is 10.7. The fourth-order valence-corrected chi connectivity index (χ4v) is 3.56. The van der Waals surface area contributed by atoms with E-state index in [9.17, 15) is 4.79 Å². The maximum absolute atomic E-state index is 10.7. The molecule has 2 aromatic rings. The fraction of sp³-hybridized carbons (Fsp3) is 0.333. The Bertz CT molecular complexity index is 625. The van der Waals surface area contributed by atoms with Gasteiger partial charge in [-0.25, -0.2) is 9.97 Å². The Morgan fingerprint density at radius 3 is 2.63 bits per heavy atom. The molecule has 0 saturated carbocycles. The van der Waals surface area contributed by atoms with Crippen molar-refractivity contribution < 1.29 is 9.90 Å². The van der Waals surface area contributed by atoms with Gasteiger partial charge >= 0.3 is 5.97 Å². The summed E-state index contributed by atoms with van der Waals surface area (Å²) in [6, 6.07) is 0. The molecular formula is C12H13N3O2S2. The highest BCUT2D eigenvalue weighted by atomic mass is 32.2. The Morgan fingerprint density at radius 2 is 2.00 bits per heavy atom. The number of carboxylic acid groups (broad SMARTS) is 1. The van der Waals surface area contributed by atoms with Gasteiger partial charge in [-0.3, -0.25) is 9.78 Å². The third-order valence-electron chi connectivity index (χ3n) is 2.55. The van der Waals surface area contributed by atoms with Crippen molar-refractivity contribution in [2.45, 2.75) is 36.6 Å². The second-order valence-corrected chi connectivity index (χ2v) is 6.39. The minimum absolute atomic E-state index is 0.0165. The van der Waals surface area contributed by atoms with Gasteiger partial charge in [-0.2, -0.15) is 0 Å². The van der Waals surface area contributed by atoms with E-state index in [-0.39, 0.29) is 6.42 Å². The summed E-state index contributed by atoms with van der Waals surface area (Å²) in [5.41, 5.74) is 2.57. The predicted octanol–water partition coefficient (Wildman–Crippen LogP) is 2.64. The molecule has 0 spiro atoms. The average Bonchev–Trinajstić information content (AvgIpc) is 2.64. The zero-order chi connectivity index (χ0) is 14.0. The van der Waals surface area contributed by atoms with Crippen LogP contribution in [0.15, 0.2) is 15.6 Å². The van der Waals surface area contributed by atoms with E-state index in [2.05, 4.69) is 15.0 Å². The SMILES string of the molecule is Cc1ncc(Sc2nc(C)c(CC(=O)O)s2)nc1C. The second-order valence-electron chi connectivity index (χ2n) is 4.04. The van der Waals surface area contributed by atoms with Crippen molar-refractivity contribution in [1.82, 2.24) is 15.0 Å². The quantitative estimate of drug-likeness (QED) is 0.934. The monoisotopic (exact) mass is 295 g/mol. The number of nitrogens with zero attached hydrogens (tertiary/aromatic N) is 3. The van der Waals surface area contributed by atoms with Crippen LogP contribution in [0.1, 0.15) is 22.0 Å². The minimum Gasteiger partial charge on any atom is -0.481 e. The van der Waals surface area contributed by atoms with Gasteiger partial charge in [-0.05, 0) is 32.5 Å². The number of aliphatic carboxylic acids is 1. The van der Waals surface area contributed by atoms with E-state index in [0.29, 0.717) is 0 Å². The molecule has 0 radical (unpaired) electrons. The van der Waals surface area contributed by atoms with Crippen LogP contribution in [-0.2, 0) is 11.2 Å². The van der Waals surface area contributed by atoms with Crippen molar-refractivity contribution >= 4 is 29.1 Å². The molecule has 7 heteroatoms. The number of aromatic nitrogens is 3. The summed E-state index contributed by atoms with van der Waals surface area (Å²) in [6.45, 7) is 5.65. The summed E-state index contributed by atoms with van der Waals surface area (Å²) in [7, 11) is 0. The van der Waals surface area contributed by atoms with E-state index in [0.717, 1.165) is 31.3 Å². The molecule has 0 bridgehead atoms. The molecule has 0 aromatic carbocycles. The number of carboxylic acids is 1. The first kappa shape index (κ1) is 14.0. The fourth-order valence-electron chi connectivity index (χ4n) is 1.41. The Morgan fingerprint density at radius 1 is 1.26 bits per heavy atom. The van der Waals surface area contributed by atoms with Crippen LogP contribution >= 0.6 is 23.1 Å². The van der Waals surface area contributed by atoms with E-state index >= 15 is 0 Å². The van der Waals surface area contributed by atoms with Crippen molar-refractivity contribution in [1.29, 1.82) is 0 Å². The highest BCUT2D eigenvalue weighted by molar-refractivity contribution is 8.01. The van der Waals surface area contributed by atoms with Crippen molar-refractivity contribution in [2.75, 3.05) is 0 Å². The Hall–Kier alpha value is -1.47. The topological polar surface area (TPSA) is 76.0 Å². The number of rotatable bonds is 4. The first-order chi connectivity index (χ1) is 8.95. The lowest BCUT2D eigenvalue weighted by Crippen LogP contribution is -1.99. The van der Waals surface area contributed by atoms with E-state index in [1.807, 2.05) is 20.8 Å². The molecule has 0 saturated heterocycles. The van der Waals surface area contributed by atoms with E-state index < -0.39 is 5.97 Å². The summed E-state index contributed by atoms with van der Waals surface area (Å²) in [4.78, 5) is 24.5. The Labute approximate surface area is 119 Å². The highest BCUT2D eigenvalue weighted by Crippen LogP contribution is 2.32. The smallest absolute Gasteiger partial charge is 0.308 e. The van der Waals surface area contributed by atoms with Gasteiger partial charge in [0.1, 0.15) is 5.03 Å². The van der Waals surface area contributed by atoms with Gasteiger partial charge in [0.25, 0.3) is 0 Å². The Kier molecular flexibility index (Phi) is 4.16. The number of thiazole rings is 1. The van der Waals surface area contributed by atoms with Crippen LogP contribution < -0.4 is 0 Å². The summed E-state index contributed by atoms with van der Waals surface area (Å²) in [6.07, 6.45) is 1.73. The molecule has 0 aliphatic rings. The number of carbonyl (C=O) groups is 1. The van der Waals surface area contributed by atoms with Gasteiger partial charge in [0.2, 0.25) is 0 Å². The molecule has 5 nitrogen and oxygen atoms in total. The maximum atomic E-state index is 10.7. The molecule has 0 aliphatic heterocycles. The van der Waals surface area contributed by atoms with Crippen LogP contribution in [-0.4, -0.2) is 26.0 Å². The van der Waals surface area contributed by atoms with Crippen LogP contribution in [0.4, 0.5) is 0 Å².